The maximum absolute atomic E-state index is 12.2. The third kappa shape index (κ3) is 3.25. The number of halogens is 1. The first kappa shape index (κ1) is 18.4. The zero-order valence-corrected chi connectivity index (χ0v) is 15.3. The zero-order chi connectivity index (χ0) is 15.9. The molecule has 0 spiro atoms. The molecule has 0 saturated carbocycles. The second kappa shape index (κ2) is 6.25. The van der Waals surface area contributed by atoms with E-state index in [9.17, 15) is 9.59 Å². The van der Waals surface area contributed by atoms with Crippen LogP contribution in [0, 0.1) is 0 Å². The van der Waals surface area contributed by atoms with Crippen LogP contribution in [0.25, 0.3) is 11.2 Å². The molecule has 124 valence electrons. The molecule has 0 aliphatic rings. The Morgan fingerprint density at radius 2 is 1.64 bits per heavy atom. The number of likely N-dealkylation sites (N-methyl/N-ethyl adjacent to an activating group) is 1. The molecule has 0 atom stereocenters. The van der Waals surface area contributed by atoms with Crippen molar-refractivity contribution >= 4 is 11.2 Å². The lowest BCUT2D eigenvalue weighted by Gasteiger charge is -2.23. The fourth-order valence-corrected chi connectivity index (χ4v) is 2.04. The van der Waals surface area contributed by atoms with E-state index in [0.29, 0.717) is 23.8 Å². The molecule has 0 bridgehead atoms. The Morgan fingerprint density at radius 1 is 1.05 bits per heavy atom. The van der Waals surface area contributed by atoms with Crippen LogP contribution in [0.15, 0.2) is 9.59 Å². The SMILES string of the molecule is Cn1c(=O)c2c(nc(OCC[N+](C)(C)C)n2C)n(C)c1=O.[Br-]. The number of nitrogens with zero attached hydrogens (tertiary/aromatic N) is 5. The predicted octanol–water partition coefficient (Wildman–Crippen LogP) is -3.94. The summed E-state index contributed by atoms with van der Waals surface area (Å²) >= 11 is 0. The molecule has 2 aromatic heterocycles. The van der Waals surface area contributed by atoms with Crippen molar-refractivity contribution in [2.45, 2.75) is 0 Å². The number of quaternary nitrogens is 1. The van der Waals surface area contributed by atoms with Gasteiger partial charge in [-0.2, -0.15) is 4.98 Å². The molecule has 0 aromatic carbocycles. The van der Waals surface area contributed by atoms with E-state index in [1.807, 2.05) is 0 Å². The molecular formula is C13H22BrN5O3. The van der Waals surface area contributed by atoms with Crippen molar-refractivity contribution in [1.29, 1.82) is 0 Å². The van der Waals surface area contributed by atoms with Crippen LogP contribution in [-0.4, -0.2) is 57.5 Å². The standard InChI is InChI=1S/C13H22N5O3.BrH/c1-15-9-10(16(2)13(20)17(3)11(9)19)14-12(15)21-8-7-18(4,5)6;/h7-8H2,1-6H3;1H/q+1;/p-1. The topological polar surface area (TPSA) is 71.1 Å². The molecule has 0 N–H and O–H groups in total. The summed E-state index contributed by atoms with van der Waals surface area (Å²) in [4.78, 5) is 28.4. The van der Waals surface area contributed by atoms with Crippen LogP contribution < -0.4 is 33.0 Å². The summed E-state index contributed by atoms with van der Waals surface area (Å²) in [7, 11) is 11.0. The van der Waals surface area contributed by atoms with Gasteiger partial charge in [0.15, 0.2) is 11.2 Å². The average molecular weight is 376 g/mol. The summed E-state index contributed by atoms with van der Waals surface area (Å²) < 4.78 is 10.4. The van der Waals surface area contributed by atoms with Gasteiger partial charge >= 0.3 is 5.69 Å². The van der Waals surface area contributed by atoms with Gasteiger partial charge in [0.05, 0.1) is 21.1 Å². The highest BCUT2D eigenvalue weighted by molar-refractivity contribution is 5.71. The monoisotopic (exact) mass is 375 g/mol. The summed E-state index contributed by atoms with van der Waals surface area (Å²) in [6, 6.07) is 0.344. The fourth-order valence-electron chi connectivity index (χ4n) is 2.04. The van der Waals surface area contributed by atoms with Crippen LogP contribution in [0.1, 0.15) is 0 Å². The summed E-state index contributed by atoms with van der Waals surface area (Å²) in [5.41, 5.74) is -0.0706. The van der Waals surface area contributed by atoms with Crippen molar-refractivity contribution in [3.63, 3.8) is 0 Å². The normalized spacial score (nSPS) is 11.5. The molecule has 0 aliphatic carbocycles. The van der Waals surface area contributed by atoms with Crippen molar-refractivity contribution in [3.8, 4) is 6.01 Å². The largest absolute Gasteiger partial charge is 1.00 e. The molecule has 0 amide bonds. The molecule has 2 heterocycles. The number of hydrogen-bond donors (Lipinski definition) is 0. The van der Waals surface area contributed by atoms with E-state index in [-0.39, 0.29) is 22.5 Å². The first-order valence-corrected chi connectivity index (χ1v) is 6.69. The summed E-state index contributed by atoms with van der Waals surface area (Å²) in [6.07, 6.45) is 0. The van der Waals surface area contributed by atoms with Crippen LogP contribution in [0.4, 0.5) is 0 Å². The van der Waals surface area contributed by atoms with E-state index in [1.165, 1.54) is 11.6 Å². The minimum atomic E-state index is -0.400. The van der Waals surface area contributed by atoms with Crippen LogP contribution in [-0.2, 0) is 21.1 Å². The van der Waals surface area contributed by atoms with Gasteiger partial charge in [0.1, 0.15) is 13.2 Å². The highest BCUT2D eigenvalue weighted by Crippen LogP contribution is 2.15. The van der Waals surface area contributed by atoms with Gasteiger partial charge in [0.2, 0.25) is 0 Å². The van der Waals surface area contributed by atoms with Crippen LogP contribution >= 0.6 is 0 Å². The van der Waals surface area contributed by atoms with E-state index >= 15 is 0 Å². The van der Waals surface area contributed by atoms with E-state index in [4.69, 9.17) is 4.74 Å². The minimum Gasteiger partial charge on any atom is -1.00 e. The first-order chi connectivity index (χ1) is 9.63. The molecule has 0 fully saturated rings. The lowest BCUT2D eigenvalue weighted by Crippen LogP contribution is -3.00. The Bertz CT molecular complexity index is 797. The van der Waals surface area contributed by atoms with Crippen molar-refractivity contribution in [1.82, 2.24) is 18.7 Å². The van der Waals surface area contributed by atoms with Gasteiger partial charge in [-0.05, 0) is 0 Å². The molecule has 2 rings (SSSR count). The zero-order valence-electron chi connectivity index (χ0n) is 13.8. The molecule has 2 aromatic rings. The van der Waals surface area contributed by atoms with Gasteiger partial charge in [0, 0.05) is 21.1 Å². The lowest BCUT2D eigenvalue weighted by atomic mass is 10.5. The first-order valence-electron chi connectivity index (χ1n) is 6.69. The molecule has 0 radical (unpaired) electrons. The molecule has 9 heteroatoms. The van der Waals surface area contributed by atoms with Crippen molar-refractivity contribution in [3.05, 3.63) is 20.8 Å². The molecular weight excluding hydrogens is 354 g/mol. The Hall–Kier alpha value is -1.61. The van der Waals surface area contributed by atoms with E-state index in [2.05, 4.69) is 26.1 Å². The number of rotatable bonds is 4. The third-order valence-corrected chi connectivity index (χ3v) is 3.43. The van der Waals surface area contributed by atoms with E-state index in [0.717, 1.165) is 15.6 Å². The second-order valence-corrected chi connectivity index (χ2v) is 6.19. The molecule has 22 heavy (non-hydrogen) atoms. The quantitative estimate of drug-likeness (QED) is 0.511. The average Bonchev–Trinajstić information content (AvgIpc) is 2.70. The summed E-state index contributed by atoms with van der Waals surface area (Å²) in [6.45, 7) is 1.29. The predicted molar refractivity (Wildman–Crippen MR) is 79.6 cm³/mol. The van der Waals surface area contributed by atoms with Gasteiger partial charge in [-0.15, -0.1) is 0 Å². The highest BCUT2D eigenvalue weighted by atomic mass is 79.9. The molecule has 0 aliphatic heterocycles. The van der Waals surface area contributed by atoms with Gasteiger partial charge in [0.25, 0.3) is 11.6 Å². The number of hydrogen-bond acceptors (Lipinski definition) is 4. The summed E-state index contributed by atoms with van der Waals surface area (Å²) in [5, 5.41) is 0. The fraction of sp³-hybridized carbons (Fsp3) is 0.615. The number of fused-ring (bicyclic) bond motifs is 1. The Kier molecular flexibility index (Phi) is 5.24. The summed E-state index contributed by atoms with van der Waals surface area (Å²) in [5.74, 6) is 0. The molecule has 8 nitrogen and oxygen atoms in total. The smallest absolute Gasteiger partial charge is 0.332 e. The van der Waals surface area contributed by atoms with Gasteiger partial charge in [-0.3, -0.25) is 18.5 Å². The Labute approximate surface area is 138 Å². The van der Waals surface area contributed by atoms with Crippen LogP contribution in [0.2, 0.25) is 0 Å². The van der Waals surface area contributed by atoms with Crippen LogP contribution in [0.3, 0.4) is 0 Å². The molecule has 0 unspecified atom stereocenters. The van der Waals surface area contributed by atoms with Gasteiger partial charge in [-0.1, -0.05) is 0 Å². The Balaban J connectivity index is 0.00000242. The highest BCUT2D eigenvalue weighted by Gasteiger charge is 2.18. The van der Waals surface area contributed by atoms with Crippen molar-refractivity contribution < 1.29 is 26.2 Å². The number of aryl methyl sites for hydroxylation is 2. The van der Waals surface area contributed by atoms with Gasteiger partial charge < -0.3 is 26.2 Å². The Morgan fingerprint density at radius 3 is 2.18 bits per heavy atom. The number of imidazole rings is 1. The van der Waals surface area contributed by atoms with Crippen LogP contribution in [0.5, 0.6) is 6.01 Å². The third-order valence-electron chi connectivity index (χ3n) is 3.43. The van der Waals surface area contributed by atoms with Gasteiger partial charge in [-0.25, -0.2) is 4.79 Å². The number of ether oxygens (including phenoxy) is 1. The molecule has 0 saturated heterocycles. The van der Waals surface area contributed by atoms with E-state index < -0.39 is 5.69 Å². The second-order valence-electron chi connectivity index (χ2n) is 6.19. The van der Waals surface area contributed by atoms with Crippen molar-refractivity contribution in [2.75, 3.05) is 34.3 Å². The maximum atomic E-state index is 12.2. The number of aromatic nitrogens is 4. The maximum Gasteiger partial charge on any atom is 0.332 e. The van der Waals surface area contributed by atoms with Crippen molar-refractivity contribution in [2.24, 2.45) is 21.1 Å². The minimum absolute atomic E-state index is 0. The van der Waals surface area contributed by atoms with E-state index in [1.54, 1.807) is 18.7 Å². The lowest BCUT2D eigenvalue weighted by molar-refractivity contribution is -0.870.